The van der Waals surface area contributed by atoms with Crippen molar-refractivity contribution >= 4 is 12.2 Å². The van der Waals surface area contributed by atoms with Gasteiger partial charge >= 0.3 is 12.2 Å². The highest BCUT2D eigenvalue weighted by atomic mass is 79.9. The van der Waals surface area contributed by atoms with E-state index >= 15 is 0 Å². The van der Waals surface area contributed by atoms with Gasteiger partial charge in [-0.05, 0) is 18.4 Å². The summed E-state index contributed by atoms with van der Waals surface area (Å²) in [5.74, 6) is 0. The van der Waals surface area contributed by atoms with Crippen molar-refractivity contribution in [2.45, 2.75) is 129 Å². The van der Waals surface area contributed by atoms with E-state index in [2.05, 4.69) is 28.7 Å². The Morgan fingerprint density at radius 2 is 1.00 bits per heavy atom. The number of unbranched alkanes of at least 4 members (excludes halogenated alkanes) is 16. The third-order valence-electron chi connectivity index (χ3n) is 7.00. The zero-order valence-electron chi connectivity index (χ0n) is 25.8. The van der Waals surface area contributed by atoms with Crippen LogP contribution in [0.1, 0.15) is 122 Å². The SMILES string of the molecule is C=C(COC(=O)NCCCCCCCCCCCCCCCCCC)COC(=O)NCCCC[n+]1ccccc1.[Br-]. The van der Waals surface area contributed by atoms with Gasteiger partial charge in [-0.15, -0.1) is 0 Å². The van der Waals surface area contributed by atoms with Gasteiger partial charge in [0.1, 0.15) is 19.8 Å². The number of nitrogens with one attached hydrogen (secondary N) is 2. The van der Waals surface area contributed by atoms with Crippen molar-refractivity contribution in [1.29, 1.82) is 0 Å². The molecule has 0 spiro atoms. The summed E-state index contributed by atoms with van der Waals surface area (Å²) in [4.78, 5) is 23.7. The molecule has 0 aliphatic rings. The zero-order chi connectivity index (χ0) is 28.9. The molecule has 2 amide bonds. The van der Waals surface area contributed by atoms with E-state index in [1.165, 1.54) is 89.9 Å². The quantitative estimate of drug-likeness (QED) is 0.0847. The second-order valence-corrected chi connectivity index (χ2v) is 10.9. The van der Waals surface area contributed by atoms with E-state index in [1.807, 2.05) is 30.6 Å². The van der Waals surface area contributed by atoms with E-state index in [0.717, 1.165) is 32.2 Å². The minimum atomic E-state index is -0.485. The van der Waals surface area contributed by atoms with Crippen LogP contribution in [-0.2, 0) is 16.0 Å². The number of rotatable bonds is 26. The van der Waals surface area contributed by atoms with E-state index in [4.69, 9.17) is 9.47 Å². The Morgan fingerprint density at radius 3 is 1.44 bits per heavy atom. The molecule has 236 valence electrons. The molecule has 0 atom stereocenters. The topological polar surface area (TPSA) is 80.5 Å². The van der Waals surface area contributed by atoms with E-state index in [9.17, 15) is 9.59 Å². The van der Waals surface area contributed by atoms with Gasteiger partial charge in [0.25, 0.3) is 0 Å². The molecule has 2 N–H and O–H groups in total. The average Bonchev–Trinajstić information content (AvgIpc) is 2.97. The Kier molecular flexibility index (Phi) is 27.9. The van der Waals surface area contributed by atoms with Gasteiger partial charge in [0.2, 0.25) is 0 Å². The number of carbonyl (C=O) groups excluding carboxylic acids is 2. The molecule has 1 heterocycles. The lowest BCUT2D eigenvalue weighted by Gasteiger charge is -2.10. The third kappa shape index (κ3) is 26.6. The lowest BCUT2D eigenvalue weighted by Crippen LogP contribution is -3.00. The van der Waals surface area contributed by atoms with Crippen molar-refractivity contribution in [2.24, 2.45) is 0 Å². The lowest BCUT2D eigenvalue weighted by molar-refractivity contribution is -0.697. The molecule has 0 saturated heterocycles. The first kappa shape index (κ1) is 38.9. The number of pyridine rings is 1. The number of ether oxygens (including phenoxy) is 2. The Hall–Kier alpha value is -2.09. The molecule has 0 aliphatic heterocycles. The first-order valence-electron chi connectivity index (χ1n) is 16.0. The summed E-state index contributed by atoms with van der Waals surface area (Å²) in [6.07, 6.45) is 26.2. The van der Waals surface area contributed by atoms with Crippen LogP contribution in [0.3, 0.4) is 0 Å². The fourth-order valence-corrected chi connectivity index (χ4v) is 4.54. The molecule has 0 fully saturated rings. The standard InChI is InChI=1S/C33H57N3O4.BrH/c1-3-4-5-6-7-8-9-10-11-12-13-14-15-16-17-19-24-34-32(37)39-29-31(2)30-40-33(38)35-25-20-23-28-36-26-21-18-22-27-36;/h18,21-22,26-27H,2-17,19-20,23-25,28-30H2,1H3,(H-,34,35,37,38);1H. The van der Waals surface area contributed by atoms with Crippen LogP contribution in [0.25, 0.3) is 0 Å². The zero-order valence-corrected chi connectivity index (χ0v) is 27.4. The fourth-order valence-electron chi connectivity index (χ4n) is 4.54. The highest BCUT2D eigenvalue weighted by Crippen LogP contribution is 2.13. The molecule has 0 aromatic carbocycles. The van der Waals surface area contributed by atoms with E-state index in [1.54, 1.807) is 0 Å². The summed E-state index contributed by atoms with van der Waals surface area (Å²) in [6, 6.07) is 5.98. The van der Waals surface area contributed by atoms with Crippen LogP contribution in [-0.4, -0.2) is 38.5 Å². The molecule has 0 saturated carbocycles. The summed E-state index contributed by atoms with van der Waals surface area (Å²) in [6.45, 7) is 8.22. The molecule has 0 radical (unpaired) electrons. The van der Waals surface area contributed by atoms with Crippen molar-refractivity contribution in [2.75, 3.05) is 26.3 Å². The summed E-state index contributed by atoms with van der Waals surface area (Å²) < 4.78 is 12.4. The minimum Gasteiger partial charge on any atom is -1.00 e. The number of halogens is 1. The first-order chi connectivity index (χ1) is 19.6. The van der Waals surface area contributed by atoms with Crippen LogP contribution < -0.4 is 32.2 Å². The second-order valence-electron chi connectivity index (χ2n) is 10.9. The monoisotopic (exact) mass is 639 g/mol. The van der Waals surface area contributed by atoms with Crippen LogP contribution in [0.4, 0.5) is 9.59 Å². The van der Waals surface area contributed by atoms with Crippen LogP contribution >= 0.6 is 0 Å². The number of aromatic nitrogens is 1. The van der Waals surface area contributed by atoms with Gasteiger partial charge in [-0.2, -0.15) is 0 Å². The average molecular weight is 641 g/mol. The molecule has 1 rings (SSSR count). The third-order valence-corrected chi connectivity index (χ3v) is 7.00. The van der Waals surface area contributed by atoms with Gasteiger partial charge < -0.3 is 37.1 Å². The Balaban J connectivity index is 0.0000160. The summed E-state index contributed by atoms with van der Waals surface area (Å²) >= 11 is 0. The highest BCUT2D eigenvalue weighted by molar-refractivity contribution is 5.68. The van der Waals surface area contributed by atoms with Gasteiger partial charge in [-0.1, -0.05) is 116 Å². The van der Waals surface area contributed by atoms with E-state index < -0.39 is 12.2 Å². The van der Waals surface area contributed by atoms with Crippen molar-refractivity contribution in [3.05, 3.63) is 42.7 Å². The fraction of sp³-hybridized carbons (Fsp3) is 0.727. The van der Waals surface area contributed by atoms with Crippen molar-refractivity contribution < 1.29 is 40.6 Å². The van der Waals surface area contributed by atoms with Crippen molar-refractivity contribution in [3.8, 4) is 0 Å². The largest absolute Gasteiger partial charge is 1.00 e. The van der Waals surface area contributed by atoms with Crippen LogP contribution in [0.15, 0.2) is 42.7 Å². The van der Waals surface area contributed by atoms with Crippen LogP contribution in [0.2, 0.25) is 0 Å². The van der Waals surface area contributed by atoms with Gasteiger partial charge in [0.05, 0.1) is 0 Å². The Morgan fingerprint density at radius 1 is 0.610 bits per heavy atom. The van der Waals surface area contributed by atoms with Crippen LogP contribution in [0.5, 0.6) is 0 Å². The number of hydrogen-bond acceptors (Lipinski definition) is 4. The Bertz CT molecular complexity index is 764. The summed E-state index contributed by atoms with van der Waals surface area (Å²) in [5, 5.41) is 5.51. The molecule has 8 heteroatoms. The molecule has 7 nitrogen and oxygen atoms in total. The second kappa shape index (κ2) is 29.4. The predicted molar refractivity (Wildman–Crippen MR) is 163 cm³/mol. The predicted octanol–water partition coefficient (Wildman–Crippen LogP) is 5.03. The van der Waals surface area contributed by atoms with Gasteiger partial charge in [0.15, 0.2) is 12.4 Å². The maximum atomic E-state index is 11.9. The van der Waals surface area contributed by atoms with Gasteiger partial charge in [-0.3, -0.25) is 0 Å². The van der Waals surface area contributed by atoms with Gasteiger partial charge in [-0.25, -0.2) is 14.2 Å². The number of alkyl carbamates (subject to hydrolysis) is 2. The highest BCUT2D eigenvalue weighted by Gasteiger charge is 2.07. The van der Waals surface area contributed by atoms with E-state index in [-0.39, 0.29) is 30.2 Å². The molecular weight excluding hydrogens is 582 g/mol. The van der Waals surface area contributed by atoms with E-state index in [0.29, 0.717) is 18.7 Å². The molecule has 1 aromatic heterocycles. The number of hydrogen-bond donors (Lipinski definition) is 2. The van der Waals surface area contributed by atoms with Crippen molar-refractivity contribution in [1.82, 2.24) is 10.6 Å². The first-order valence-corrected chi connectivity index (χ1v) is 16.0. The maximum absolute atomic E-state index is 11.9. The number of nitrogens with zero attached hydrogens (tertiary/aromatic N) is 1. The Labute approximate surface area is 261 Å². The molecular formula is C33H58BrN3O4. The minimum absolute atomic E-state index is 0. The summed E-state index contributed by atoms with van der Waals surface area (Å²) in [7, 11) is 0. The van der Waals surface area contributed by atoms with Gasteiger partial charge in [0, 0.05) is 31.6 Å². The molecule has 1 aromatic rings. The number of carbonyl (C=O) groups is 2. The molecule has 0 unspecified atom stereocenters. The summed E-state index contributed by atoms with van der Waals surface area (Å²) in [5.41, 5.74) is 0.535. The maximum Gasteiger partial charge on any atom is 0.407 e. The number of aryl methyl sites for hydroxylation is 1. The molecule has 41 heavy (non-hydrogen) atoms. The number of amides is 2. The van der Waals surface area contributed by atoms with Crippen LogP contribution in [0, 0.1) is 0 Å². The lowest BCUT2D eigenvalue weighted by atomic mass is 10.0. The molecule has 0 aliphatic carbocycles. The molecule has 0 bridgehead atoms. The smallest absolute Gasteiger partial charge is 0.407 e. The normalized spacial score (nSPS) is 10.5. The van der Waals surface area contributed by atoms with Crippen molar-refractivity contribution in [3.63, 3.8) is 0 Å².